The van der Waals surface area contributed by atoms with Gasteiger partial charge in [-0.3, -0.25) is 4.79 Å². The van der Waals surface area contributed by atoms with E-state index in [9.17, 15) is 9.90 Å². The van der Waals surface area contributed by atoms with E-state index in [2.05, 4.69) is 34.6 Å². The molecule has 1 aliphatic heterocycles. The molecular formula is C18H34O4. The minimum atomic E-state index is -1.12. The summed E-state index contributed by atoms with van der Waals surface area (Å²) in [6.07, 6.45) is 0.0193. The van der Waals surface area contributed by atoms with Crippen molar-refractivity contribution >= 4 is 5.97 Å². The molecule has 1 unspecified atom stereocenters. The number of esters is 1. The van der Waals surface area contributed by atoms with Crippen molar-refractivity contribution in [2.45, 2.75) is 85.7 Å². The summed E-state index contributed by atoms with van der Waals surface area (Å²) in [5, 5.41) is 10.4. The van der Waals surface area contributed by atoms with Crippen molar-refractivity contribution < 1.29 is 19.4 Å². The summed E-state index contributed by atoms with van der Waals surface area (Å²) in [4.78, 5) is 11.4. The third-order valence-corrected chi connectivity index (χ3v) is 4.73. The predicted molar refractivity (Wildman–Crippen MR) is 87.5 cm³/mol. The second-order valence-corrected chi connectivity index (χ2v) is 8.10. The number of carbonyl (C=O) groups excluding carboxylic acids is 1. The molecule has 0 aromatic rings. The Morgan fingerprint density at radius 3 is 2.14 bits per heavy atom. The molecule has 0 aliphatic carbocycles. The fourth-order valence-electron chi connectivity index (χ4n) is 3.88. The summed E-state index contributed by atoms with van der Waals surface area (Å²) in [6, 6.07) is 0. The smallest absolute Gasteiger partial charge is 0.303 e. The maximum atomic E-state index is 11.4. The average molecular weight is 314 g/mol. The van der Waals surface area contributed by atoms with Crippen molar-refractivity contribution in [3.05, 3.63) is 0 Å². The van der Waals surface area contributed by atoms with Crippen LogP contribution in [0.2, 0.25) is 0 Å². The van der Waals surface area contributed by atoms with Crippen molar-refractivity contribution in [1.82, 2.24) is 0 Å². The Kier molecular flexibility index (Phi) is 6.46. The molecule has 4 nitrogen and oxygen atoms in total. The minimum absolute atomic E-state index is 0.120. The van der Waals surface area contributed by atoms with Crippen molar-refractivity contribution in [3.63, 3.8) is 0 Å². The first-order valence-electron chi connectivity index (χ1n) is 8.50. The van der Waals surface area contributed by atoms with Gasteiger partial charge >= 0.3 is 5.97 Å². The van der Waals surface area contributed by atoms with Gasteiger partial charge in [0.05, 0.1) is 17.8 Å². The zero-order valence-corrected chi connectivity index (χ0v) is 15.4. The summed E-state index contributed by atoms with van der Waals surface area (Å²) in [7, 11) is 0. The molecule has 5 atom stereocenters. The van der Waals surface area contributed by atoms with Crippen molar-refractivity contribution in [2.75, 3.05) is 0 Å². The molecule has 1 aliphatic rings. The van der Waals surface area contributed by atoms with Gasteiger partial charge in [-0.15, -0.1) is 0 Å². The molecule has 1 N–H and O–H groups in total. The van der Waals surface area contributed by atoms with Crippen molar-refractivity contribution in [1.29, 1.82) is 0 Å². The van der Waals surface area contributed by atoms with Gasteiger partial charge in [-0.25, -0.2) is 0 Å². The number of hydrogen-bond donors (Lipinski definition) is 1. The van der Waals surface area contributed by atoms with E-state index in [1.165, 1.54) is 6.92 Å². The molecule has 1 fully saturated rings. The van der Waals surface area contributed by atoms with Crippen LogP contribution in [-0.4, -0.2) is 35.0 Å². The highest BCUT2D eigenvalue weighted by Crippen LogP contribution is 2.41. The van der Waals surface area contributed by atoms with Gasteiger partial charge in [0.25, 0.3) is 0 Å². The minimum Gasteiger partial charge on any atom is -0.457 e. The van der Waals surface area contributed by atoms with E-state index in [0.717, 1.165) is 6.42 Å². The number of rotatable bonds is 5. The number of hydrogen-bond acceptors (Lipinski definition) is 4. The third kappa shape index (κ3) is 4.69. The summed E-state index contributed by atoms with van der Waals surface area (Å²) in [5.74, 6) is 1.49. The second kappa shape index (κ2) is 7.31. The van der Waals surface area contributed by atoms with Crippen molar-refractivity contribution in [2.24, 2.45) is 23.7 Å². The Balaban J connectivity index is 3.03. The quantitative estimate of drug-likeness (QED) is 0.790. The molecule has 0 radical (unpaired) electrons. The zero-order valence-electron chi connectivity index (χ0n) is 15.4. The van der Waals surface area contributed by atoms with E-state index >= 15 is 0 Å². The Bertz CT molecular complexity index is 370. The van der Waals surface area contributed by atoms with Crippen molar-refractivity contribution in [3.8, 4) is 0 Å². The van der Waals surface area contributed by atoms with Crippen LogP contribution >= 0.6 is 0 Å². The lowest BCUT2D eigenvalue weighted by atomic mass is 9.71. The van der Waals surface area contributed by atoms with Crippen LogP contribution in [0.4, 0.5) is 0 Å². The topological polar surface area (TPSA) is 55.8 Å². The van der Waals surface area contributed by atoms with Crippen LogP contribution in [0.1, 0.15) is 61.8 Å². The molecule has 0 saturated carbocycles. The normalized spacial score (nSPS) is 31.4. The maximum absolute atomic E-state index is 11.4. The molecule has 1 rings (SSSR count). The summed E-state index contributed by atoms with van der Waals surface area (Å²) >= 11 is 0. The lowest BCUT2D eigenvalue weighted by Crippen LogP contribution is -2.55. The summed E-state index contributed by atoms with van der Waals surface area (Å²) in [5.41, 5.74) is -1.12. The Morgan fingerprint density at radius 1 is 1.23 bits per heavy atom. The monoisotopic (exact) mass is 314 g/mol. The lowest BCUT2D eigenvalue weighted by molar-refractivity contribution is -0.216. The first-order chi connectivity index (χ1) is 9.95. The van der Waals surface area contributed by atoms with Gasteiger partial charge in [0.1, 0.15) is 0 Å². The van der Waals surface area contributed by atoms with Crippen LogP contribution in [0.25, 0.3) is 0 Å². The van der Waals surface area contributed by atoms with E-state index in [1.54, 1.807) is 13.8 Å². The van der Waals surface area contributed by atoms with Gasteiger partial charge < -0.3 is 14.6 Å². The number of carbonyl (C=O) groups is 1. The predicted octanol–water partition coefficient (Wildman–Crippen LogP) is 3.41. The van der Waals surface area contributed by atoms with Gasteiger partial charge in [0.2, 0.25) is 0 Å². The fourth-order valence-corrected chi connectivity index (χ4v) is 3.88. The number of ether oxygens (including phenoxy) is 2. The number of aliphatic hydroxyl groups is 1. The van der Waals surface area contributed by atoms with Crippen LogP contribution in [0.3, 0.4) is 0 Å². The molecule has 22 heavy (non-hydrogen) atoms. The van der Waals surface area contributed by atoms with E-state index < -0.39 is 11.7 Å². The summed E-state index contributed by atoms with van der Waals surface area (Å²) < 4.78 is 11.8. The van der Waals surface area contributed by atoms with E-state index in [4.69, 9.17) is 9.47 Å². The van der Waals surface area contributed by atoms with Gasteiger partial charge in [-0.05, 0) is 43.9 Å². The molecule has 0 bridgehead atoms. The molecule has 0 aromatic heterocycles. The highest BCUT2D eigenvalue weighted by Gasteiger charge is 2.46. The van der Waals surface area contributed by atoms with Crippen LogP contribution in [0.5, 0.6) is 0 Å². The Hall–Kier alpha value is -0.610. The van der Waals surface area contributed by atoms with Crippen LogP contribution in [0, 0.1) is 23.7 Å². The van der Waals surface area contributed by atoms with Crippen LogP contribution in [-0.2, 0) is 14.3 Å². The molecule has 0 amide bonds. The van der Waals surface area contributed by atoms with Gasteiger partial charge in [-0.2, -0.15) is 0 Å². The molecule has 1 heterocycles. The molecular weight excluding hydrogens is 280 g/mol. The van der Waals surface area contributed by atoms with Gasteiger partial charge in [-0.1, -0.05) is 34.6 Å². The van der Waals surface area contributed by atoms with Crippen LogP contribution in [0.15, 0.2) is 0 Å². The lowest BCUT2D eigenvalue weighted by Gasteiger charge is -2.48. The first-order valence-corrected chi connectivity index (χ1v) is 8.50. The maximum Gasteiger partial charge on any atom is 0.303 e. The average Bonchev–Trinajstić information content (AvgIpc) is 2.32. The zero-order chi connectivity index (χ0) is 17.2. The Morgan fingerprint density at radius 2 is 1.77 bits per heavy atom. The van der Waals surface area contributed by atoms with Gasteiger partial charge in [0, 0.05) is 6.92 Å². The van der Waals surface area contributed by atoms with Gasteiger partial charge in [0.15, 0.2) is 6.10 Å². The fraction of sp³-hybridized carbons (Fsp3) is 0.944. The first kappa shape index (κ1) is 19.4. The highest BCUT2D eigenvalue weighted by molar-refractivity contribution is 5.66. The van der Waals surface area contributed by atoms with Crippen LogP contribution < -0.4 is 0 Å². The SMILES string of the molecule is CC(=O)O[C@@H](C1C[C@@H](C)[C@@H](C(C)C)[C@H](C(C)C)O1)C(C)(C)O. The molecule has 0 spiro atoms. The second-order valence-electron chi connectivity index (χ2n) is 8.10. The largest absolute Gasteiger partial charge is 0.457 e. The molecule has 0 aromatic carbocycles. The third-order valence-electron chi connectivity index (χ3n) is 4.73. The molecule has 1 saturated heterocycles. The summed E-state index contributed by atoms with van der Waals surface area (Å²) in [6.45, 7) is 15.8. The molecule has 130 valence electrons. The van der Waals surface area contributed by atoms with E-state index in [1.807, 2.05) is 0 Å². The molecule has 4 heteroatoms. The van der Waals surface area contributed by atoms with E-state index in [-0.39, 0.29) is 18.2 Å². The highest BCUT2D eigenvalue weighted by atomic mass is 16.6. The van der Waals surface area contributed by atoms with E-state index in [0.29, 0.717) is 23.7 Å². The standard InChI is InChI=1S/C18H34O4/c1-10(2)15-12(5)9-14(22-16(15)11(3)4)17(18(7,8)20)21-13(6)19/h10-12,14-17,20H,9H2,1-8H3/t12-,14?,15-,16+,17+/m1/s1. The Labute approximate surface area is 135 Å².